The van der Waals surface area contributed by atoms with Crippen LogP contribution < -0.4 is 5.32 Å². The van der Waals surface area contributed by atoms with Crippen molar-refractivity contribution in [3.05, 3.63) is 29.8 Å². The number of hydrogen-bond donors (Lipinski definition) is 1. The molecule has 0 heterocycles. The van der Waals surface area contributed by atoms with Crippen LogP contribution >= 0.6 is 23.4 Å². The normalized spacial score (nSPS) is 23.1. The molecule has 2 rings (SSSR count). The zero-order valence-corrected chi connectivity index (χ0v) is 12.8. The smallest absolute Gasteiger partial charge is 0.251 e. The molecule has 1 aliphatic rings. The number of halogens is 1. The lowest BCUT2D eigenvalue weighted by Crippen LogP contribution is -2.32. The van der Waals surface area contributed by atoms with E-state index in [9.17, 15) is 4.79 Å². The van der Waals surface area contributed by atoms with E-state index in [1.54, 1.807) is 11.8 Å². The van der Waals surface area contributed by atoms with Crippen LogP contribution in [0.15, 0.2) is 29.2 Å². The van der Waals surface area contributed by atoms with Gasteiger partial charge in [-0.15, -0.1) is 23.4 Å². The Morgan fingerprint density at radius 2 is 2.11 bits per heavy atom. The van der Waals surface area contributed by atoms with Gasteiger partial charge < -0.3 is 5.32 Å². The number of carbonyl (C=O) groups is 1. The van der Waals surface area contributed by atoms with Crippen LogP contribution in [0.1, 0.15) is 36.0 Å². The molecule has 2 nitrogen and oxygen atoms in total. The molecule has 1 aliphatic carbocycles. The average molecular weight is 298 g/mol. The van der Waals surface area contributed by atoms with Crippen LogP contribution in [0.3, 0.4) is 0 Å². The topological polar surface area (TPSA) is 29.1 Å². The second-order valence-electron chi connectivity index (χ2n) is 5.07. The van der Waals surface area contributed by atoms with Gasteiger partial charge >= 0.3 is 0 Å². The largest absolute Gasteiger partial charge is 0.352 e. The number of thioether (sulfide) groups is 1. The number of carbonyl (C=O) groups excluding carboxylic acids is 1. The zero-order valence-electron chi connectivity index (χ0n) is 11.2. The van der Waals surface area contributed by atoms with E-state index in [4.69, 9.17) is 11.6 Å². The molecule has 2 unspecified atom stereocenters. The maximum atomic E-state index is 12.0. The Kier molecular flexibility index (Phi) is 5.59. The molecule has 1 aromatic rings. The highest BCUT2D eigenvalue weighted by Gasteiger charge is 2.20. The van der Waals surface area contributed by atoms with Gasteiger partial charge in [0.25, 0.3) is 5.91 Å². The Morgan fingerprint density at radius 3 is 2.74 bits per heavy atom. The molecule has 19 heavy (non-hydrogen) atoms. The van der Waals surface area contributed by atoms with Crippen LogP contribution in [-0.2, 0) is 0 Å². The van der Waals surface area contributed by atoms with E-state index in [0.29, 0.717) is 5.92 Å². The Labute approximate surface area is 124 Å². The van der Waals surface area contributed by atoms with Crippen LogP contribution in [0.5, 0.6) is 0 Å². The summed E-state index contributed by atoms with van der Waals surface area (Å²) in [4.78, 5) is 13.2. The predicted octanol–water partition coefficient (Wildman–Crippen LogP) is 3.94. The summed E-state index contributed by atoms with van der Waals surface area (Å²) in [5.41, 5.74) is 0.732. The summed E-state index contributed by atoms with van der Waals surface area (Å²) in [6.45, 7) is 0.742. The number of alkyl halides is 1. The summed E-state index contributed by atoms with van der Waals surface area (Å²) >= 11 is 7.84. The van der Waals surface area contributed by atoms with Crippen molar-refractivity contribution in [2.75, 3.05) is 12.8 Å². The summed E-state index contributed by atoms with van der Waals surface area (Å²) < 4.78 is 0. The zero-order chi connectivity index (χ0) is 13.7. The fraction of sp³-hybridized carbons (Fsp3) is 0.533. The quantitative estimate of drug-likeness (QED) is 0.674. The minimum atomic E-state index is 0.0179. The first-order valence-corrected chi connectivity index (χ1v) is 8.41. The summed E-state index contributed by atoms with van der Waals surface area (Å²) in [7, 11) is 0. The van der Waals surface area contributed by atoms with Crippen molar-refractivity contribution in [1.29, 1.82) is 0 Å². The van der Waals surface area contributed by atoms with Gasteiger partial charge in [0.2, 0.25) is 0 Å². The van der Waals surface area contributed by atoms with Gasteiger partial charge in [0.15, 0.2) is 0 Å². The monoisotopic (exact) mass is 297 g/mol. The molecule has 1 aromatic carbocycles. The molecule has 1 fully saturated rings. The van der Waals surface area contributed by atoms with E-state index < -0.39 is 0 Å². The fourth-order valence-electron chi connectivity index (χ4n) is 2.49. The van der Waals surface area contributed by atoms with Crippen molar-refractivity contribution in [2.45, 2.75) is 36.0 Å². The van der Waals surface area contributed by atoms with Crippen LogP contribution in [0.2, 0.25) is 0 Å². The summed E-state index contributed by atoms with van der Waals surface area (Å²) in [5.74, 6) is 0.551. The maximum absolute atomic E-state index is 12.0. The van der Waals surface area contributed by atoms with E-state index in [1.165, 1.54) is 17.7 Å². The van der Waals surface area contributed by atoms with Gasteiger partial charge in [0.05, 0.1) is 0 Å². The molecule has 0 radical (unpaired) electrons. The Bertz CT molecular complexity index is 421. The molecule has 2 atom stereocenters. The second-order valence-corrected chi connectivity index (χ2v) is 6.57. The van der Waals surface area contributed by atoms with Gasteiger partial charge in [0.1, 0.15) is 0 Å². The second kappa shape index (κ2) is 7.20. The summed E-state index contributed by atoms with van der Waals surface area (Å²) in [5, 5.41) is 3.31. The van der Waals surface area contributed by atoms with Crippen molar-refractivity contribution >= 4 is 29.3 Å². The van der Waals surface area contributed by atoms with Crippen molar-refractivity contribution in [2.24, 2.45) is 5.92 Å². The summed E-state index contributed by atoms with van der Waals surface area (Å²) in [6.07, 6.45) is 6.52. The minimum Gasteiger partial charge on any atom is -0.352 e. The van der Waals surface area contributed by atoms with E-state index in [-0.39, 0.29) is 11.3 Å². The first-order chi connectivity index (χ1) is 9.19. The fourth-order valence-corrected chi connectivity index (χ4v) is 3.31. The maximum Gasteiger partial charge on any atom is 0.251 e. The third-order valence-electron chi connectivity index (χ3n) is 3.62. The first-order valence-electron chi connectivity index (χ1n) is 6.75. The van der Waals surface area contributed by atoms with Gasteiger partial charge in [-0.3, -0.25) is 4.79 Å². The van der Waals surface area contributed by atoms with Crippen LogP contribution in [-0.4, -0.2) is 24.1 Å². The minimum absolute atomic E-state index is 0.0179. The van der Waals surface area contributed by atoms with Gasteiger partial charge in [-0.05, 0) is 55.7 Å². The van der Waals surface area contributed by atoms with Crippen molar-refractivity contribution < 1.29 is 4.79 Å². The number of amides is 1. The first kappa shape index (κ1) is 14.7. The van der Waals surface area contributed by atoms with Gasteiger partial charge in [-0.1, -0.05) is 6.42 Å². The number of nitrogens with one attached hydrogen (secondary N) is 1. The lowest BCUT2D eigenvalue weighted by Gasteiger charge is -2.25. The molecule has 1 saturated carbocycles. The van der Waals surface area contributed by atoms with E-state index in [1.807, 2.05) is 30.5 Å². The van der Waals surface area contributed by atoms with E-state index in [0.717, 1.165) is 24.9 Å². The molecule has 1 N–H and O–H groups in total. The molecule has 0 bridgehead atoms. The lowest BCUT2D eigenvalue weighted by molar-refractivity contribution is 0.0943. The van der Waals surface area contributed by atoms with Gasteiger partial charge in [-0.2, -0.15) is 0 Å². The molecule has 0 aromatic heterocycles. The number of benzene rings is 1. The molecular weight excluding hydrogens is 278 g/mol. The third-order valence-corrected chi connectivity index (χ3v) is 4.76. The molecule has 0 aliphatic heterocycles. The molecule has 104 valence electrons. The van der Waals surface area contributed by atoms with Crippen molar-refractivity contribution in [1.82, 2.24) is 5.32 Å². The molecule has 0 spiro atoms. The average Bonchev–Trinajstić information content (AvgIpc) is 2.45. The van der Waals surface area contributed by atoms with Crippen molar-refractivity contribution in [3.63, 3.8) is 0 Å². The SMILES string of the molecule is CSc1ccc(C(=O)NCC2CCCC(Cl)C2)cc1. The molecule has 4 heteroatoms. The highest BCUT2D eigenvalue weighted by Crippen LogP contribution is 2.27. The van der Waals surface area contributed by atoms with Crippen molar-refractivity contribution in [3.8, 4) is 0 Å². The van der Waals surface area contributed by atoms with Crippen LogP contribution in [0.25, 0.3) is 0 Å². The highest BCUT2D eigenvalue weighted by atomic mass is 35.5. The molecular formula is C15H20ClNOS. The predicted molar refractivity (Wildman–Crippen MR) is 82.2 cm³/mol. The highest BCUT2D eigenvalue weighted by molar-refractivity contribution is 7.98. The van der Waals surface area contributed by atoms with Gasteiger partial charge in [-0.25, -0.2) is 0 Å². The van der Waals surface area contributed by atoms with E-state index in [2.05, 4.69) is 5.32 Å². The van der Waals surface area contributed by atoms with Crippen LogP contribution in [0.4, 0.5) is 0 Å². The summed E-state index contributed by atoms with van der Waals surface area (Å²) in [6, 6.07) is 7.72. The lowest BCUT2D eigenvalue weighted by atomic mass is 9.89. The van der Waals surface area contributed by atoms with Crippen LogP contribution in [0, 0.1) is 5.92 Å². The Balaban J connectivity index is 1.83. The molecule has 0 saturated heterocycles. The van der Waals surface area contributed by atoms with Gasteiger partial charge in [0, 0.05) is 22.4 Å². The Morgan fingerprint density at radius 1 is 1.37 bits per heavy atom. The third kappa shape index (κ3) is 4.43. The van der Waals surface area contributed by atoms with E-state index >= 15 is 0 Å². The molecule has 1 amide bonds. The number of rotatable bonds is 4. The number of hydrogen-bond acceptors (Lipinski definition) is 2. The Hall–Kier alpha value is -0.670. The standard InChI is InChI=1S/C15H20ClNOS/c1-19-14-7-5-12(6-8-14)15(18)17-10-11-3-2-4-13(16)9-11/h5-8,11,13H,2-4,9-10H2,1H3,(H,17,18).